The Hall–Kier alpha value is 2.45. The molecule has 0 aliphatic heterocycles. The molecule has 0 aromatic rings. The first-order valence-electron chi connectivity index (χ1n) is 0. The van der Waals surface area contributed by atoms with Crippen LogP contribution >= 0.6 is 62.0 Å². The minimum Gasteiger partial charge on any atom is -0.147 e. The van der Waals surface area contributed by atoms with Crippen LogP contribution in [0.5, 0.6) is 0 Å². The standard InChI is InChI=1S/5ClH.Na/h5*1H;/q;;;;;+1. The molecule has 6 heavy (non-hydrogen) atoms. The van der Waals surface area contributed by atoms with Crippen molar-refractivity contribution in [1.29, 1.82) is 0 Å². The molecule has 0 saturated heterocycles. The molecule has 0 radical (unpaired) electrons. The van der Waals surface area contributed by atoms with Crippen LogP contribution < -0.4 is 29.6 Å². The van der Waals surface area contributed by atoms with Crippen molar-refractivity contribution in [2.24, 2.45) is 0 Å². The van der Waals surface area contributed by atoms with Crippen molar-refractivity contribution >= 4 is 62.0 Å². The van der Waals surface area contributed by atoms with Gasteiger partial charge in [-0.05, 0) is 0 Å². The summed E-state index contributed by atoms with van der Waals surface area (Å²) in [5, 5.41) is 0. The zero-order chi connectivity index (χ0) is 0. The summed E-state index contributed by atoms with van der Waals surface area (Å²) < 4.78 is 0. The number of hydrogen-bond donors (Lipinski definition) is 0. The fourth-order valence-electron chi connectivity index (χ4n) is 0. The fraction of sp³-hybridized carbons (Fsp3) is 0. The van der Waals surface area contributed by atoms with Crippen LogP contribution in [0.1, 0.15) is 0 Å². The van der Waals surface area contributed by atoms with Gasteiger partial charge in [0.2, 0.25) is 0 Å². The van der Waals surface area contributed by atoms with E-state index >= 15 is 0 Å². The van der Waals surface area contributed by atoms with Crippen LogP contribution in [0, 0.1) is 0 Å². The van der Waals surface area contributed by atoms with Gasteiger partial charge in [-0.25, -0.2) is 0 Å². The van der Waals surface area contributed by atoms with Gasteiger partial charge in [0, 0.05) is 0 Å². The van der Waals surface area contributed by atoms with Gasteiger partial charge in [0.05, 0.1) is 0 Å². The van der Waals surface area contributed by atoms with Crippen molar-refractivity contribution < 1.29 is 29.6 Å². The summed E-state index contributed by atoms with van der Waals surface area (Å²) in [5.41, 5.74) is 0. The summed E-state index contributed by atoms with van der Waals surface area (Å²) in [6.07, 6.45) is 0. The Morgan fingerprint density at radius 3 is 0.333 bits per heavy atom. The maximum atomic E-state index is 0. The van der Waals surface area contributed by atoms with E-state index in [9.17, 15) is 0 Å². The Balaban J connectivity index is 0. The van der Waals surface area contributed by atoms with Crippen LogP contribution in [0.2, 0.25) is 0 Å². The largest absolute Gasteiger partial charge is 1.00 e. The molecule has 6 heteroatoms. The zero-order valence-corrected chi connectivity index (χ0v) is 9.12. The molecule has 0 heterocycles. The summed E-state index contributed by atoms with van der Waals surface area (Å²) >= 11 is 0. The third kappa shape index (κ3) is 31.9. The Morgan fingerprint density at radius 2 is 0.333 bits per heavy atom. The quantitative estimate of drug-likeness (QED) is 0.450. The number of rotatable bonds is 0. The summed E-state index contributed by atoms with van der Waals surface area (Å²) in [6, 6.07) is 0. The average molecular weight is 205 g/mol. The predicted octanol–water partition coefficient (Wildman–Crippen LogP) is -0.887. The SMILES string of the molecule is Cl.Cl.Cl.Cl.Cl.[Na+]. The zero-order valence-electron chi connectivity index (χ0n) is 3.04. The van der Waals surface area contributed by atoms with Crippen molar-refractivity contribution in [3.05, 3.63) is 0 Å². The van der Waals surface area contributed by atoms with Crippen LogP contribution in [-0.2, 0) is 0 Å². The van der Waals surface area contributed by atoms with E-state index in [1.807, 2.05) is 0 Å². The van der Waals surface area contributed by atoms with Gasteiger partial charge in [-0.3, -0.25) is 0 Å². The predicted molar refractivity (Wildman–Crippen MR) is 36.2 cm³/mol. The van der Waals surface area contributed by atoms with Gasteiger partial charge in [-0.2, -0.15) is 0 Å². The molecule has 0 bridgehead atoms. The fourth-order valence-corrected chi connectivity index (χ4v) is 0. The normalized spacial score (nSPS) is 0. The molecule has 0 spiro atoms. The Labute approximate surface area is 90.5 Å². The monoisotopic (exact) mass is 203 g/mol. The van der Waals surface area contributed by atoms with E-state index in [2.05, 4.69) is 0 Å². The van der Waals surface area contributed by atoms with E-state index < -0.39 is 0 Å². The van der Waals surface area contributed by atoms with E-state index in [0.717, 1.165) is 0 Å². The van der Waals surface area contributed by atoms with E-state index in [1.54, 1.807) is 0 Å². The first-order valence-corrected chi connectivity index (χ1v) is 0. The topological polar surface area (TPSA) is 0 Å². The van der Waals surface area contributed by atoms with Crippen LogP contribution in [0.4, 0.5) is 0 Å². The molecule has 0 aliphatic carbocycles. The van der Waals surface area contributed by atoms with Crippen LogP contribution in [-0.4, -0.2) is 0 Å². The summed E-state index contributed by atoms with van der Waals surface area (Å²) in [4.78, 5) is 0. The summed E-state index contributed by atoms with van der Waals surface area (Å²) in [5.74, 6) is 0. The van der Waals surface area contributed by atoms with Gasteiger partial charge in [0.1, 0.15) is 0 Å². The Morgan fingerprint density at radius 1 is 0.333 bits per heavy atom. The van der Waals surface area contributed by atoms with E-state index in [0.29, 0.717) is 0 Å². The van der Waals surface area contributed by atoms with Crippen molar-refractivity contribution in [2.75, 3.05) is 0 Å². The van der Waals surface area contributed by atoms with Crippen LogP contribution in [0.15, 0.2) is 0 Å². The summed E-state index contributed by atoms with van der Waals surface area (Å²) in [7, 11) is 0. The van der Waals surface area contributed by atoms with E-state index in [4.69, 9.17) is 0 Å². The smallest absolute Gasteiger partial charge is 0.147 e. The molecule has 0 fully saturated rings. The molecule has 0 N–H and O–H groups in total. The van der Waals surface area contributed by atoms with Crippen molar-refractivity contribution in [3.8, 4) is 0 Å². The maximum absolute atomic E-state index is 0. The van der Waals surface area contributed by atoms with Gasteiger partial charge in [-0.15, -0.1) is 62.0 Å². The molecule has 0 aliphatic rings. The van der Waals surface area contributed by atoms with E-state index in [-0.39, 0.29) is 91.6 Å². The molecule has 40 valence electrons. The second-order valence-electron chi connectivity index (χ2n) is 0. The molecule has 0 aromatic heterocycles. The molecule has 0 saturated carbocycles. The van der Waals surface area contributed by atoms with Gasteiger partial charge in [-0.1, -0.05) is 0 Å². The molecular weight excluding hydrogens is 200 g/mol. The summed E-state index contributed by atoms with van der Waals surface area (Å²) in [6.45, 7) is 0. The van der Waals surface area contributed by atoms with Gasteiger partial charge < -0.3 is 0 Å². The van der Waals surface area contributed by atoms with Crippen LogP contribution in [0.25, 0.3) is 0 Å². The average Bonchev–Trinajstić information content (AvgIpc) is 0. The van der Waals surface area contributed by atoms with Crippen molar-refractivity contribution in [2.45, 2.75) is 0 Å². The third-order valence-electron chi connectivity index (χ3n) is 0. The Bertz CT molecular complexity index is 3.90. The minimum absolute atomic E-state index is 0. The Kier molecular flexibility index (Phi) is 672. The first-order chi connectivity index (χ1) is 0. The first kappa shape index (κ1) is 78.1. The second-order valence-corrected chi connectivity index (χ2v) is 0. The van der Waals surface area contributed by atoms with Crippen LogP contribution in [0.3, 0.4) is 0 Å². The third-order valence-corrected chi connectivity index (χ3v) is 0. The maximum Gasteiger partial charge on any atom is 1.00 e. The molecule has 0 atom stereocenters. The molecule has 0 aromatic carbocycles. The van der Waals surface area contributed by atoms with Gasteiger partial charge >= 0.3 is 29.6 Å². The number of halogens is 5. The molecular formula is H5Cl5Na+. The second kappa shape index (κ2) is 51.6. The van der Waals surface area contributed by atoms with Crippen molar-refractivity contribution in [3.63, 3.8) is 0 Å². The minimum atomic E-state index is 0. The van der Waals surface area contributed by atoms with Crippen molar-refractivity contribution in [1.82, 2.24) is 0 Å². The number of hydrogen-bond acceptors (Lipinski definition) is 0. The van der Waals surface area contributed by atoms with E-state index in [1.165, 1.54) is 0 Å². The molecule has 0 nitrogen and oxygen atoms in total. The molecule has 0 amide bonds. The molecule has 0 unspecified atom stereocenters. The van der Waals surface area contributed by atoms with Gasteiger partial charge in [0.15, 0.2) is 0 Å². The van der Waals surface area contributed by atoms with Gasteiger partial charge in [0.25, 0.3) is 0 Å². The molecule has 0 rings (SSSR count).